The van der Waals surface area contributed by atoms with Gasteiger partial charge in [0.05, 0.1) is 0 Å². The van der Waals surface area contributed by atoms with Gasteiger partial charge in [0.15, 0.2) is 0 Å². The molecule has 1 aromatic carbocycles. The van der Waals surface area contributed by atoms with E-state index in [1.165, 1.54) is 7.11 Å². The van der Waals surface area contributed by atoms with Crippen LogP contribution in [0.5, 0.6) is 0 Å². The second-order valence-corrected chi connectivity index (χ2v) is 10.2. The number of methoxy groups -OCH3 is 1. The monoisotopic (exact) mass is 300 g/mol. The van der Waals surface area contributed by atoms with Gasteiger partial charge in [-0.3, -0.25) is 0 Å². The predicted molar refractivity (Wildman–Crippen MR) is 71.0 cm³/mol. The Bertz CT molecular complexity index is 288. The maximum Gasteiger partial charge on any atom is -0.0624 e. The molecule has 2 nitrogen and oxygen atoms in total. The van der Waals surface area contributed by atoms with Crippen molar-refractivity contribution in [3.63, 3.8) is 0 Å². The molecule has 0 aromatic heterocycles. The number of esters is 1. The molecule has 0 aliphatic carbocycles. The largest absolute Gasteiger partial charge is 0.780 e. The molecule has 0 bridgehead atoms. The first-order valence-electron chi connectivity index (χ1n) is 5.14. The number of hydrogen-bond acceptors (Lipinski definition) is 3. The molecular formula is C12H18GeO2S-. The molecule has 1 radical (unpaired) electrons. The van der Waals surface area contributed by atoms with E-state index in [2.05, 4.69) is 16.2 Å². The summed E-state index contributed by atoms with van der Waals surface area (Å²) in [6, 6.07) is 9.62. The summed E-state index contributed by atoms with van der Waals surface area (Å²) in [5.74, 6) is 4.44. The molecule has 0 aliphatic heterocycles. The smallest absolute Gasteiger partial charge is 0.0624 e. The molecule has 0 spiro atoms. The Kier molecular flexibility index (Phi) is 9.33. The third-order valence-corrected chi connectivity index (χ3v) is 4.69. The van der Waals surface area contributed by atoms with E-state index in [9.17, 15) is 4.79 Å². The number of rotatable bonds is 3. The first-order chi connectivity index (χ1) is 7.56. The minimum Gasteiger partial charge on any atom is -0.780 e. The third-order valence-electron chi connectivity index (χ3n) is 1.80. The maximum atomic E-state index is 10.5. The van der Waals surface area contributed by atoms with Gasteiger partial charge in [-0.05, 0) is 0 Å². The van der Waals surface area contributed by atoms with Crippen LogP contribution in [0, 0.1) is 0 Å². The van der Waals surface area contributed by atoms with Crippen LogP contribution in [0.15, 0.2) is 35.2 Å². The fourth-order valence-electron chi connectivity index (χ4n) is 0.875. The molecule has 16 heavy (non-hydrogen) atoms. The van der Waals surface area contributed by atoms with Gasteiger partial charge in [0.2, 0.25) is 0 Å². The minimum atomic E-state index is -0.767. The molecule has 0 saturated heterocycles. The van der Waals surface area contributed by atoms with E-state index in [1.54, 1.807) is 0 Å². The van der Waals surface area contributed by atoms with E-state index in [4.69, 9.17) is 12.6 Å². The van der Waals surface area contributed by atoms with Crippen LogP contribution in [-0.4, -0.2) is 27.4 Å². The Hall–Kier alpha value is -0.547. The van der Waals surface area contributed by atoms with Crippen LogP contribution < -0.4 is 0 Å². The second-order valence-electron chi connectivity index (χ2n) is 3.60. The van der Waals surface area contributed by atoms with Gasteiger partial charge in [0.25, 0.3) is 0 Å². The van der Waals surface area contributed by atoms with Crippen LogP contribution in [0.1, 0.15) is 6.42 Å². The van der Waals surface area contributed by atoms with E-state index in [1.807, 2.05) is 30.3 Å². The van der Waals surface area contributed by atoms with Crippen molar-refractivity contribution in [2.75, 3.05) is 7.11 Å². The van der Waals surface area contributed by atoms with Gasteiger partial charge in [-0.25, -0.2) is 0 Å². The summed E-state index contributed by atoms with van der Waals surface area (Å²) in [5.41, 5.74) is 0. The topological polar surface area (TPSA) is 26.3 Å². The SMILES string of the molecule is COC(=O)C[CH2][Ge]([CH3])[CH3].[S-]c1ccccc1. The van der Waals surface area contributed by atoms with Crippen molar-refractivity contribution >= 4 is 32.9 Å². The Morgan fingerprint density at radius 3 is 2.19 bits per heavy atom. The van der Waals surface area contributed by atoms with Crippen molar-refractivity contribution in [1.29, 1.82) is 0 Å². The number of hydrogen-bond donors (Lipinski definition) is 0. The third kappa shape index (κ3) is 9.99. The van der Waals surface area contributed by atoms with Gasteiger partial charge in [-0.1, -0.05) is 30.3 Å². The predicted octanol–water partition coefficient (Wildman–Crippen LogP) is 2.90. The summed E-state index contributed by atoms with van der Waals surface area (Å²) in [6.07, 6.45) is 0.624. The Morgan fingerprint density at radius 2 is 1.88 bits per heavy atom. The molecule has 89 valence electrons. The van der Waals surface area contributed by atoms with Crippen LogP contribution in [-0.2, 0) is 22.2 Å². The number of carbonyl (C=O) groups excluding carboxylic acids is 1. The van der Waals surface area contributed by atoms with E-state index in [0.717, 1.165) is 10.1 Å². The van der Waals surface area contributed by atoms with Crippen molar-refractivity contribution < 1.29 is 9.53 Å². The molecule has 0 saturated carbocycles. The summed E-state index contributed by atoms with van der Waals surface area (Å²) < 4.78 is 4.49. The van der Waals surface area contributed by atoms with Gasteiger partial charge in [0, 0.05) is 0 Å². The summed E-state index contributed by atoms with van der Waals surface area (Å²) in [5, 5.41) is 1.09. The average Bonchev–Trinajstić information content (AvgIpc) is 2.27. The molecule has 0 aliphatic rings. The average molecular weight is 299 g/mol. The van der Waals surface area contributed by atoms with Gasteiger partial charge >= 0.3 is 60.1 Å². The number of carbonyl (C=O) groups is 1. The van der Waals surface area contributed by atoms with Crippen molar-refractivity contribution in [2.24, 2.45) is 0 Å². The Morgan fingerprint density at radius 1 is 1.31 bits per heavy atom. The van der Waals surface area contributed by atoms with Gasteiger partial charge in [0.1, 0.15) is 0 Å². The fourth-order valence-corrected chi connectivity index (χ4v) is 2.51. The number of benzene rings is 1. The van der Waals surface area contributed by atoms with E-state index >= 15 is 0 Å². The summed E-state index contributed by atoms with van der Waals surface area (Å²) in [6.45, 7) is 0. The van der Waals surface area contributed by atoms with E-state index in [-0.39, 0.29) is 5.97 Å². The van der Waals surface area contributed by atoms with Gasteiger partial charge in [-0.2, -0.15) is 4.90 Å². The van der Waals surface area contributed by atoms with Gasteiger partial charge in [-0.15, -0.1) is 0 Å². The van der Waals surface area contributed by atoms with Crippen LogP contribution in [0.4, 0.5) is 0 Å². The quantitative estimate of drug-likeness (QED) is 0.488. The van der Waals surface area contributed by atoms with Gasteiger partial charge < -0.3 is 12.6 Å². The zero-order valence-corrected chi connectivity index (χ0v) is 12.9. The van der Waals surface area contributed by atoms with Crippen molar-refractivity contribution in [1.82, 2.24) is 0 Å². The number of ether oxygens (including phenoxy) is 1. The van der Waals surface area contributed by atoms with Crippen LogP contribution >= 0.6 is 0 Å². The second kappa shape index (κ2) is 9.66. The van der Waals surface area contributed by atoms with Crippen LogP contribution in [0.3, 0.4) is 0 Å². The van der Waals surface area contributed by atoms with Crippen molar-refractivity contribution in [3.05, 3.63) is 30.3 Å². The van der Waals surface area contributed by atoms with E-state index < -0.39 is 14.3 Å². The molecule has 0 unspecified atom stereocenters. The molecule has 0 amide bonds. The molecule has 4 heteroatoms. The molecule has 0 N–H and O–H groups in total. The normalized spacial score (nSPS) is 9.25. The molecule has 0 heterocycles. The Balaban J connectivity index is 0.000000288. The minimum absolute atomic E-state index is 0.0660. The van der Waals surface area contributed by atoms with E-state index in [0.29, 0.717) is 6.42 Å². The standard InChI is InChI=1S/C6H13GeO2.C6H6S/c1-7(2)5-4-6(8)9-3;7-6-4-2-1-3-5-6/h4-5H2,1-3H3;1-5,7H/p-1. The summed E-state index contributed by atoms with van der Waals surface area (Å²) in [7, 11) is 1.44. The van der Waals surface area contributed by atoms with Crippen molar-refractivity contribution in [3.8, 4) is 0 Å². The summed E-state index contributed by atoms with van der Waals surface area (Å²) >= 11 is 4.04. The zero-order valence-electron chi connectivity index (χ0n) is 10.0. The van der Waals surface area contributed by atoms with Crippen LogP contribution in [0.25, 0.3) is 0 Å². The first kappa shape index (κ1) is 15.5. The maximum absolute atomic E-state index is 10.5. The molecule has 1 rings (SSSR count). The fraction of sp³-hybridized carbons (Fsp3) is 0.417. The molecule has 0 fully saturated rings. The Labute approximate surface area is 108 Å². The van der Waals surface area contributed by atoms with Crippen molar-refractivity contribution in [2.45, 2.75) is 28.1 Å². The summed E-state index contributed by atoms with van der Waals surface area (Å²) in [4.78, 5) is 11.4. The molecular weight excluding hydrogens is 281 g/mol. The van der Waals surface area contributed by atoms with Crippen LogP contribution in [0.2, 0.25) is 16.8 Å². The first-order valence-corrected chi connectivity index (χ1v) is 11.2. The molecule has 0 atom stereocenters. The zero-order chi connectivity index (χ0) is 12.4. The molecule has 1 aromatic rings.